The maximum atomic E-state index is 12.8. The van der Waals surface area contributed by atoms with Crippen LogP contribution in [-0.4, -0.2) is 40.7 Å². The molecule has 0 unspecified atom stereocenters. The third-order valence-electron chi connectivity index (χ3n) is 4.80. The van der Waals surface area contributed by atoms with Gasteiger partial charge in [0.2, 0.25) is 0 Å². The Balaban J connectivity index is 2.09. The molecule has 0 spiro atoms. The SMILES string of the molecule is CC(C)(C)C[C@@H](O)C(=O)[N+]1(C(=O)NCc2cc(Cl)ccc2CN)CCC1. The van der Waals surface area contributed by atoms with Crippen molar-refractivity contribution in [1.29, 1.82) is 0 Å². The Morgan fingerprint density at radius 3 is 2.46 bits per heavy atom. The summed E-state index contributed by atoms with van der Waals surface area (Å²) in [5.41, 5.74) is 7.25. The Morgan fingerprint density at radius 1 is 1.31 bits per heavy atom. The number of nitrogens with one attached hydrogen (secondary N) is 1. The lowest BCUT2D eigenvalue weighted by molar-refractivity contribution is -0.818. The van der Waals surface area contributed by atoms with Crippen LogP contribution in [0, 0.1) is 5.41 Å². The summed E-state index contributed by atoms with van der Waals surface area (Å²) in [5, 5.41) is 13.7. The van der Waals surface area contributed by atoms with Crippen LogP contribution < -0.4 is 11.1 Å². The molecular formula is C19H29ClN3O3+. The Morgan fingerprint density at radius 2 is 1.96 bits per heavy atom. The third-order valence-corrected chi connectivity index (χ3v) is 5.03. The minimum Gasteiger partial charge on any atom is -0.379 e. The third kappa shape index (κ3) is 4.62. The Kier molecular flexibility index (Phi) is 6.45. The van der Waals surface area contributed by atoms with Gasteiger partial charge >= 0.3 is 11.9 Å². The lowest BCUT2D eigenvalue weighted by atomic mass is 9.88. The van der Waals surface area contributed by atoms with Crippen molar-refractivity contribution in [3.05, 3.63) is 34.3 Å². The molecule has 1 fully saturated rings. The Bertz CT molecular complexity index is 681. The molecule has 1 atom stereocenters. The summed E-state index contributed by atoms with van der Waals surface area (Å²) in [6.45, 7) is 7.29. The lowest BCUT2D eigenvalue weighted by Crippen LogP contribution is -2.70. The molecule has 1 aromatic rings. The zero-order chi connectivity index (χ0) is 19.5. The first-order valence-electron chi connectivity index (χ1n) is 8.94. The number of halogens is 1. The van der Waals surface area contributed by atoms with E-state index >= 15 is 0 Å². The molecule has 3 amide bonds. The van der Waals surface area contributed by atoms with Gasteiger partial charge in [0.1, 0.15) is 13.1 Å². The van der Waals surface area contributed by atoms with Crippen LogP contribution >= 0.6 is 11.6 Å². The zero-order valence-corrected chi connectivity index (χ0v) is 16.5. The first-order chi connectivity index (χ1) is 12.1. The molecule has 7 heteroatoms. The molecule has 26 heavy (non-hydrogen) atoms. The number of urea groups is 1. The molecule has 1 heterocycles. The van der Waals surface area contributed by atoms with Crippen molar-refractivity contribution in [1.82, 2.24) is 5.32 Å². The van der Waals surface area contributed by atoms with Crippen molar-refractivity contribution in [3.63, 3.8) is 0 Å². The number of rotatable bonds is 5. The van der Waals surface area contributed by atoms with Crippen molar-refractivity contribution >= 4 is 23.5 Å². The minimum atomic E-state index is -1.15. The van der Waals surface area contributed by atoms with Gasteiger partial charge in [-0.05, 0) is 35.1 Å². The number of benzene rings is 1. The summed E-state index contributed by atoms with van der Waals surface area (Å²) in [5.74, 6) is -0.422. The standard InChI is InChI=1S/C19H28ClN3O3/c1-19(2,3)10-16(24)17(25)23(7-4-8-23)18(26)22-12-14-9-15(20)6-5-13(14)11-21/h5-6,9,16,24H,4,7-8,10-12,21H2,1-3H3/p+1/t16-/m1/s1. The van der Waals surface area contributed by atoms with Crippen molar-refractivity contribution in [2.45, 2.75) is 52.8 Å². The number of amides is 3. The number of hydrogen-bond donors (Lipinski definition) is 3. The van der Waals surface area contributed by atoms with Crippen molar-refractivity contribution < 1.29 is 19.2 Å². The summed E-state index contributed by atoms with van der Waals surface area (Å²) >= 11 is 6.03. The average molecular weight is 383 g/mol. The highest BCUT2D eigenvalue weighted by Crippen LogP contribution is 2.28. The summed E-state index contributed by atoms with van der Waals surface area (Å²) < 4.78 is -0.338. The number of quaternary nitrogens is 1. The molecule has 2 rings (SSSR count). The van der Waals surface area contributed by atoms with Gasteiger partial charge in [0.15, 0.2) is 6.10 Å². The number of carbonyl (C=O) groups is 2. The van der Waals surface area contributed by atoms with Crippen LogP contribution in [0.5, 0.6) is 0 Å². The molecule has 0 saturated carbocycles. The number of nitrogens with two attached hydrogens (primary N) is 1. The van der Waals surface area contributed by atoms with E-state index in [0.29, 0.717) is 31.1 Å². The van der Waals surface area contributed by atoms with E-state index in [1.807, 2.05) is 26.8 Å². The molecule has 4 N–H and O–H groups in total. The highest BCUT2D eigenvalue weighted by atomic mass is 35.5. The molecule has 0 bridgehead atoms. The van der Waals surface area contributed by atoms with Crippen LogP contribution in [0.2, 0.25) is 5.02 Å². The molecule has 6 nitrogen and oxygen atoms in total. The van der Waals surface area contributed by atoms with Gasteiger partial charge in [0.05, 0.1) is 0 Å². The number of aliphatic hydroxyl groups excluding tert-OH is 1. The molecule has 0 aliphatic carbocycles. The maximum Gasteiger partial charge on any atom is 0.424 e. The number of aliphatic hydroxyl groups is 1. The zero-order valence-electron chi connectivity index (χ0n) is 15.7. The van der Waals surface area contributed by atoms with Crippen LogP contribution in [0.3, 0.4) is 0 Å². The van der Waals surface area contributed by atoms with Gasteiger partial charge in [-0.2, -0.15) is 4.48 Å². The summed E-state index contributed by atoms with van der Waals surface area (Å²) in [4.78, 5) is 25.6. The van der Waals surface area contributed by atoms with E-state index < -0.39 is 12.0 Å². The van der Waals surface area contributed by atoms with Gasteiger partial charge in [-0.25, -0.2) is 9.59 Å². The normalized spacial score (nSPS) is 17.3. The van der Waals surface area contributed by atoms with Gasteiger partial charge in [-0.1, -0.05) is 38.4 Å². The Labute approximate surface area is 159 Å². The fraction of sp³-hybridized carbons (Fsp3) is 0.579. The summed E-state index contributed by atoms with van der Waals surface area (Å²) in [6.07, 6.45) is -0.0380. The number of carbonyl (C=O) groups excluding carboxylic acids is 2. The van der Waals surface area contributed by atoms with Crippen LogP contribution in [0.4, 0.5) is 4.79 Å². The molecule has 0 radical (unpaired) electrons. The van der Waals surface area contributed by atoms with Gasteiger partial charge in [0, 0.05) is 24.5 Å². The van der Waals surface area contributed by atoms with Gasteiger partial charge in [-0.15, -0.1) is 0 Å². The van der Waals surface area contributed by atoms with Gasteiger partial charge in [-0.3, -0.25) is 0 Å². The van der Waals surface area contributed by atoms with Crippen molar-refractivity contribution in [2.24, 2.45) is 11.1 Å². The van der Waals surface area contributed by atoms with Crippen LogP contribution in [0.15, 0.2) is 18.2 Å². The number of hydrogen-bond acceptors (Lipinski definition) is 4. The van der Waals surface area contributed by atoms with E-state index in [-0.39, 0.29) is 22.5 Å². The summed E-state index contributed by atoms with van der Waals surface area (Å²) in [7, 11) is 0. The topological polar surface area (TPSA) is 92.4 Å². The first-order valence-corrected chi connectivity index (χ1v) is 9.32. The van der Waals surface area contributed by atoms with Gasteiger partial charge in [0.25, 0.3) is 0 Å². The summed E-state index contributed by atoms with van der Waals surface area (Å²) in [6, 6.07) is 4.97. The fourth-order valence-electron chi connectivity index (χ4n) is 3.23. The van der Waals surface area contributed by atoms with Crippen LogP contribution in [-0.2, 0) is 17.9 Å². The van der Waals surface area contributed by atoms with Gasteiger partial charge < -0.3 is 16.2 Å². The molecule has 1 saturated heterocycles. The molecule has 0 aromatic heterocycles. The molecule has 1 aromatic carbocycles. The molecule has 1 aliphatic heterocycles. The highest BCUT2D eigenvalue weighted by molar-refractivity contribution is 6.30. The van der Waals surface area contributed by atoms with Crippen LogP contribution in [0.25, 0.3) is 0 Å². The predicted molar refractivity (Wildman–Crippen MR) is 101 cm³/mol. The lowest BCUT2D eigenvalue weighted by Gasteiger charge is -2.41. The quantitative estimate of drug-likeness (QED) is 0.682. The fourth-order valence-corrected chi connectivity index (χ4v) is 3.43. The van der Waals surface area contributed by atoms with Crippen LogP contribution in [0.1, 0.15) is 44.7 Å². The molecule has 144 valence electrons. The number of likely N-dealkylation sites (tertiary alicyclic amines) is 1. The first kappa shape index (κ1) is 20.8. The second kappa shape index (κ2) is 8.05. The highest BCUT2D eigenvalue weighted by Gasteiger charge is 2.53. The van der Waals surface area contributed by atoms with E-state index in [0.717, 1.165) is 17.5 Å². The second-order valence-electron chi connectivity index (χ2n) is 8.16. The number of nitrogens with zero attached hydrogens (tertiary/aromatic N) is 1. The maximum absolute atomic E-state index is 12.8. The second-order valence-corrected chi connectivity index (χ2v) is 8.60. The molecular weight excluding hydrogens is 354 g/mol. The van der Waals surface area contributed by atoms with E-state index in [1.165, 1.54) is 0 Å². The van der Waals surface area contributed by atoms with Crippen molar-refractivity contribution in [3.8, 4) is 0 Å². The van der Waals surface area contributed by atoms with E-state index in [9.17, 15) is 14.7 Å². The monoisotopic (exact) mass is 382 g/mol. The minimum absolute atomic E-state index is 0.197. The largest absolute Gasteiger partial charge is 0.424 e. The van der Waals surface area contributed by atoms with Crippen molar-refractivity contribution in [2.75, 3.05) is 13.1 Å². The van der Waals surface area contributed by atoms with E-state index in [2.05, 4.69) is 5.32 Å². The average Bonchev–Trinajstić information content (AvgIpc) is 2.50. The smallest absolute Gasteiger partial charge is 0.379 e. The Hall–Kier alpha value is -1.47. The molecule has 1 aliphatic rings. The van der Waals surface area contributed by atoms with E-state index in [4.69, 9.17) is 17.3 Å². The predicted octanol–water partition coefficient (Wildman–Crippen LogP) is 2.55. The number of imide groups is 1. The van der Waals surface area contributed by atoms with E-state index in [1.54, 1.807) is 12.1 Å².